The Morgan fingerprint density at radius 2 is 2.10 bits per heavy atom. The van der Waals surface area contributed by atoms with Gasteiger partial charge >= 0.3 is 0 Å². The molecule has 0 saturated heterocycles. The molecule has 0 spiro atoms. The van der Waals surface area contributed by atoms with Crippen LogP contribution in [0, 0.1) is 11.3 Å². The van der Waals surface area contributed by atoms with Crippen LogP contribution >= 0.6 is 0 Å². The fourth-order valence-electron chi connectivity index (χ4n) is 1.96. The highest BCUT2D eigenvalue weighted by Gasteiger charge is 2.11. The molecule has 96 valence electrons. The number of pyridine rings is 1. The average molecular weight is 262 g/mol. The fraction of sp³-hybridized carbons (Fsp3) is 0. The van der Waals surface area contributed by atoms with Crippen molar-refractivity contribution in [1.82, 2.24) is 9.97 Å². The van der Waals surface area contributed by atoms with Crippen LogP contribution in [0.15, 0.2) is 48.7 Å². The third kappa shape index (κ3) is 2.10. The number of hydrogen-bond acceptors (Lipinski definition) is 3. The van der Waals surface area contributed by atoms with Gasteiger partial charge in [-0.05, 0) is 30.3 Å². The van der Waals surface area contributed by atoms with E-state index < -0.39 is 0 Å². The molecule has 0 radical (unpaired) electrons. The van der Waals surface area contributed by atoms with Crippen LogP contribution in [-0.2, 0) is 0 Å². The lowest BCUT2D eigenvalue weighted by Crippen LogP contribution is -2.13. The topological polar surface area (TPSA) is 81.6 Å². The molecule has 5 heteroatoms. The van der Waals surface area contributed by atoms with E-state index in [0.717, 1.165) is 11.0 Å². The van der Waals surface area contributed by atoms with E-state index in [1.807, 2.05) is 12.1 Å². The quantitative estimate of drug-likeness (QED) is 0.745. The summed E-state index contributed by atoms with van der Waals surface area (Å²) < 4.78 is 0. The number of amides is 1. The maximum atomic E-state index is 12.2. The molecule has 0 saturated carbocycles. The van der Waals surface area contributed by atoms with Crippen molar-refractivity contribution in [2.75, 3.05) is 5.32 Å². The van der Waals surface area contributed by atoms with E-state index in [1.165, 1.54) is 0 Å². The zero-order valence-corrected chi connectivity index (χ0v) is 10.4. The summed E-state index contributed by atoms with van der Waals surface area (Å²) in [5.41, 5.74) is 2.85. The molecule has 2 aromatic heterocycles. The lowest BCUT2D eigenvalue weighted by atomic mass is 10.2. The van der Waals surface area contributed by atoms with Crippen LogP contribution in [0.2, 0.25) is 0 Å². The van der Waals surface area contributed by atoms with Gasteiger partial charge in [-0.1, -0.05) is 12.1 Å². The summed E-state index contributed by atoms with van der Waals surface area (Å²) in [6, 6.07) is 14.2. The molecule has 0 unspecified atom stereocenters. The highest BCUT2D eigenvalue weighted by Crippen LogP contribution is 2.17. The number of H-pyrrole nitrogens is 1. The first-order chi connectivity index (χ1) is 9.78. The number of aromatic amines is 1. The Labute approximate surface area is 114 Å². The highest BCUT2D eigenvalue weighted by atomic mass is 16.1. The van der Waals surface area contributed by atoms with Crippen molar-refractivity contribution in [1.29, 1.82) is 5.26 Å². The molecule has 0 aliphatic carbocycles. The SMILES string of the molecule is N#Cc1ccccc1NC(=O)c1cc2ncccc2[nH]1. The molecule has 2 heterocycles. The van der Waals surface area contributed by atoms with E-state index in [2.05, 4.69) is 15.3 Å². The number of fused-ring (bicyclic) bond motifs is 1. The van der Waals surface area contributed by atoms with Gasteiger partial charge in [0.1, 0.15) is 11.8 Å². The third-order valence-electron chi connectivity index (χ3n) is 2.93. The molecule has 2 N–H and O–H groups in total. The van der Waals surface area contributed by atoms with Crippen LogP contribution in [0.3, 0.4) is 0 Å². The van der Waals surface area contributed by atoms with Crippen molar-refractivity contribution in [2.45, 2.75) is 0 Å². The number of benzene rings is 1. The Balaban J connectivity index is 1.91. The second-order valence-electron chi connectivity index (χ2n) is 4.23. The van der Waals surface area contributed by atoms with Gasteiger partial charge in [0, 0.05) is 6.20 Å². The van der Waals surface area contributed by atoms with Gasteiger partial charge in [0.05, 0.1) is 22.3 Å². The van der Waals surface area contributed by atoms with Gasteiger partial charge in [-0.25, -0.2) is 0 Å². The normalized spacial score (nSPS) is 10.2. The minimum absolute atomic E-state index is 0.300. The van der Waals surface area contributed by atoms with E-state index >= 15 is 0 Å². The molecular formula is C15H10N4O. The van der Waals surface area contributed by atoms with Crippen LogP contribution in [0.5, 0.6) is 0 Å². The molecule has 1 aromatic carbocycles. The Bertz CT molecular complexity index is 796. The smallest absolute Gasteiger partial charge is 0.272 e. The summed E-state index contributed by atoms with van der Waals surface area (Å²) in [5.74, 6) is -0.300. The van der Waals surface area contributed by atoms with Crippen LogP contribution in [0.25, 0.3) is 11.0 Å². The standard InChI is InChI=1S/C15H10N4O/c16-9-10-4-1-2-5-11(10)19-15(20)14-8-13-12(18-14)6-3-7-17-13/h1-8,18H,(H,19,20). The Kier molecular flexibility index (Phi) is 2.90. The Morgan fingerprint density at radius 1 is 1.25 bits per heavy atom. The molecule has 3 aromatic rings. The lowest BCUT2D eigenvalue weighted by Gasteiger charge is -2.04. The number of nitrogens with zero attached hydrogens (tertiary/aromatic N) is 2. The summed E-state index contributed by atoms with van der Waals surface area (Å²) in [6.07, 6.45) is 1.67. The van der Waals surface area contributed by atoms with E-state index in [1.54, 1.807) is 42.6 Å². The molecule has 0 bridgehead atoms. The van der Waals surface area contributed by atoms with Crippen LogP contribution in [0.4, 0.5) is 5.69 Å². The summed E-state index contributed by atoms with van der Waals surface area (Å²) in [4.78, 5) is 19.3. The molecule has 0 atom stereocenters. The number of carbonyl (C=O) groups is 1. The third-order valence-corrected chi connectivity index (χ3v) is 2.93. The van der Waals surface area contributed by atoms with Gasteiger partial charge < -0.3 is 10.3 Å². The molecule has 0 fully saturated rings. The van der Waals surface area contributed by atoms with Gasteiger partial charge in [0.25, 0.3) is 5.91 Å². The number of anilines is 1. The fourth-order valence-corrected chi connectivity index (χ4v) is 1.96. The van der Waals surface area contributed by atoms with Crippen molar-refractivity contribution >= 4 is 22.6 Å². The van der Waals surface area contributed by atoms with Crippen molar-refractivity contribution in [2.24, 2.45) is 0 Å². The number of nitriles is 1. The molecular weight excluding hydrogens is 252 g/mol. The molecule has 0 aliphatic heterocycles. The first-order valence-electron chi connectivity index (χ1n) is 6.02. The number of para-hydroxylation sites is 1. The Morgan fingerprint density at radius 3 is 2.90 bits per heavy atom. The van der Waals surface area contributed by atoms with Crippen molar-refractivity contribution in [3.05, 3.63) is 59.9 Å². The number of aromatic nitrogens is 2. The van der Waals surface area contributed by atoms with E-state index in [-0.39, 0.29) is 5.91 Å². The minimum Gasteiger partial charge on any atom is -0.349 e. The monoisotopic (exact) mass is 262 g/mol. The van der Waals surface area contributed by atoms with Gasteiger partial charge in [-0.15, -0.1) is 0 Å². The van der Waals surface area contributed by atoms with E-state index in [9.17, 15) is 4.79 Å². The number of carbonyl (C=O) groups excluding carboxylic acids is 1. The minimum atomic E-state index is -0.300. The molecule has 0 aliphatic rings. The maximum absolute atomic E-state index is 12.2. The summed E-state index contributed by atoms with van der Waals surface area (Å²) in [6.45, 7) is 0. The van der Waals surface area contributed by atoms with Crippen molar-refractivity contribution < 1.29 is 4.79 Å². The number of rotatable bonds is 2. The first-order valence-corrected chi connectivity index (χ1v) is 6.02. The van der Waals surface area contributed by atoms with Gasteiger partial charge in [-0.2, -0.15) is 5.26 Å². The van der Waals surface area contributed by atoms with E-state index in [4.69, 9.17) is 5.26 Å². The maximum Gasteiger partial charge on any atom is 0.272 e. The van der Waals surface area contributed by atoms with Crippen LogP contribution < -0.4 is 5.32 Å². The van der Waals surface area contributed by atoms with Gasteiger partial charge in [0.15, 0.2) is 0 Å². The number of hydrogen-bond donors (Lipinski definition) is 2. The predicted molar refractivity (Wildman–Crippen MR) is 75.2 cm³/mol. The lowest BCUT2D eigenvalue weighted by molar-refractivity contribution is 0.102. The van der Waals surface area contributed by atoms with Gasteiger partial charge in [0.2, 0.25) is 0 Å². The first kappa shape index (κ1) is 11.9. The summed E-state index contributed by atoms with van der Waals surface area (Å²) >= 11 is 0. The second kappa shape index (κ2) is 4.86. The van der Waals surface area contributed by atoms with Crippen molar-refractivity contribution in [3.8, 4) is 6.07 Å². The zero-order chi connectivity index (χ0) is 13.9. The average Bonchev–Trinajstić information content (AvgIpc) is 2.92. The van der Waals surface area contributed by atoms with Crippen LogP contribution in [0.1, 0.15) is 16.1 Å². The Hall–Kier alpha value is -3.13. The zero-order valence-electron chi connectivity index (χ0n) is 10.4. The molecule has 5 nitrogen and oxygen atoms in total. The summed E-state index contributed by atoms with van der Waals surface area (Å²) in [7, 11) is 0. The van der Waals surface area contributed by atoms with Crippen molar-refractivity contribution in [3.63, 3.8) is 0 Å². The molecule has 20 heavy (non-hydrogen) atoms. The molecule has 1 amide bonds. The predicted octanol–water partition coefficient (Wildman–Crippen LogP) is 2.69. The largest absolute Gasteiger partial charge is 0.349 e. The highest BCUT2D eigenvalue weighted by molar-refractivity contribution is 6.06. The van der Waals surface area contributed by atoms with Gasteiger partial charge in [-0.3, -0.25) is 9.78 Å². The summed E-state index contributed by atoms with van der Waals surface area (Å²) in [5, 5.41) is 11.7. The number of nitrogens with one attached hydrogen (secondary N) is 2. The second-order valence-corrected chi connectivity index (χ2v) is 4.23. The van der Waals surface area contributed by atoms with Crippen LogP contribution in [-0.4, -0.2) is 15.9 Å². The molecule has 3 rings (SSSR count). The van der Waals surface area contributed by atoms with E-state index in [0.29, 0.717) is 16.9 Å².